The number of fused-ring (bicyclic) bond motifs is 1. The molecule has 1 aromatic heterocycles. The van der Waals surface area contributed by atoms with E-state index >= 15 is 0 Å². The summed E-state index contributed by atoms with van der Waals surface area (Å²) >= 11 is 1.31. The monoisotopic (exact) mass is 179 g/mol. The molecule has 0 aliphatic rings. The Hall–Kier alpha value is -1.09. The van der Waals surface area contributed by atoms with Crippen molar-refractivity contribution in [2.24, 2.45) is 7.05 Å². The van der Waals surface area contributed by atoms with Gasteiger partial charge in [-0.2, -0.15) is 0 Å². The molecule has 1 aromatic carbocycles. The number of hydrogen-bond donors (Lipinski definition) is 0. The van der Waals surface area contributed by atoms with Crippen molar-refractivity contribution in [2.45, 2.75) is 6.92 Å². The Morgan fingerprint density at radius 3 is 2.83 bits per heavy atom. The Balaban J connectivity index is 3.05. The summed E-state index contributed by atoms with van der Waals surface area (Å²) in [4.78, 5) is 11.4. The minimum Gasteiger partial charge on any atom is -0.302 e. The third-order valence-electron chi connectivity index (χ3n) is 2.02. The number of hydrogen-bond acceptors (Lipinski definition) is 2. The summed E-state index contributed by atoms with van der Waals surface area (Å²) in [6.07, 6.45) is 0. The van der Waals surface area contributed by atoms with Crippen LogP contribution in [-0.2, 0) is 7.05 Å². The minimum atomic E-state index is 0.110. The van der Waals surface area contributed by atoms with Crippen molar-refractivity contribution in [1.82, 2.24) is 4.57 Å². The van der Waals surface area contributed by atoms with Gasteiger partial charge in [0.25, 0.3) is 0 Å². The van der Waals surface area contributed by atoms with E-state index in [2.05, 4.69) is 0 Å². The summed E-state index contributed by atoms with van der Waals surface area (Å²) < 4.78 is 2.79. The number of thiazole rings is 1. The van der Waals surface area contributed by atoms with Crippen molar-refractivity contribution < 1.29 is 0 Å². The smallest absolute Gasteiger partial charge is 0.302 e. The molecule has 0 radical (unpaired) electrons. The number of aryl methyl sites for hydroxylation is 2. The lowest BCUT2D eigenvalue weighted by Crippen LogP contribution is -2.06. The predicted molar refractivity (Wildman–Crippen MR) is 51.8 cm³/mol. The fourth-order valence-electron chi connectivity index (χ4n) is 1.29. The molecular formula is C9H9NOS. The molecule has 12 heavy (non-hydrogen) atoms. The van der Waals surface area contributed by atoms with Gasteiger partial charge in [-0.1, -0.05) is 23.5 Å². The molecule has 0 spiro atoms. The fourth-order valence-corrected chi connectivity index (χ4v) is 2.24. The molecule has 62 valence electrons. The van der Waals surface area contributed by atoms with E-state index in [1.807, 2.05) is 25.1 Å². The summed E-state index contributed by atoms with van der Waals surface area (Å²) in [6, 6.07) is 5.97. The summed E-state index contributed by atoms with van der Waals surface area (Å²) in [5.41, 5.74) is 2.21. The first-order chi connectivity index (χ1) is 5.70. The first-order valence-corrected chi connectivity index (χ1v) is 4.57. The highest BCUT2D eigenvalue weighted by atomic mass is 32.1. The summed E-state index contributed by atoms with van der Waals surface area (Å²) in [5.74, 6) is 0. The molecule has 0 aliphatic carbocycles. The van der Waals surface area contributed by atoms with E-state index in [1.165, 1.54) is 16.9 Å². The van der Waals surface area contributed by atoms with Crippen LogP contribution < -0.4 is 4.87 Å². The van der Waals surface area contributed by atoms with E-state index in [-0.39, 0.29) is 4.87 Å². The van der Waals surface area contributed by atoms with Crippen LogP contribution in [0.5, 0.6) is 0 Å². The fraction of sp³-hybridized carbons (Fsp3) is 0.222. The van der Waals surface area contributed by atoms with Crippen molar-refractivity contribution >= 4 is 21.6 Å². The van der Waals surface area contributed by atoms with Gasteiger partial charge in [-0.3, -0.25) is 4.79 Å². The lowest BCUT2D eigenvalue weighted by Gasteiger charge is -1.94. The van der Waals surface area contributed by atoms with Gasteiger partial charge >= 0.3 is 4.87 Å². The lowest BCUT2D eigenvalue weighted by atomic mass is 10.2. The molecule has 0 saturated carbocycles. The molecule has 1 heterocycles. The van der Waals surface area contributed by atoms with Gasteiger partial charge in [-0.25, -0.2) is 0 Å². The third kappa shape index (κ3) is 0.898. The second-order valence-corrected chi connectivity index (χ2v) is 3.81. The van der Waals surface area contributed by atoms with Gasteiger partial charge in [-0.15, -0.1) is 0 Å². The molecule has 0 aliphatic heterocycles. The van der Waals surface area contributed by atoms with Crippen LogP contribution in [-0.4, -0.2) is 4.57 Å². The number of rotatable bonds is 0. The zero-order chi connectivity index (χ0) is 8.72. The highest BCUT2D eigenvalue weighted by Gasteiger charge is 2.04. The summed E-state index contributed by atoms with van der Waals surface area (Å²) in [5, 5.41) is 0. The molecule has 0 fully saturated rings. The minimum absolute atomic E-state index is 0.110. The Bertz CT molecular complexity index is 481. The maximum absolute atomic E-state index is 11.3. The van der Waals surface area contributed by atoms with Gasteiger partial charge in [0, 0.05) is 7.05 Å². The van der Waals surface area contributed by atoms with Crippen molar-refractivity contribution in [2.75, 3.05) is 0 Å². The molecule has 2 aromatic rings. The zero-order valence-electron chi connectivity index (χ0n) is 7.00. The van der Waals surface area contributed by atoms with Gasteiger partial charge in [0.05, 0.1) is 10.2 Å². The quantitative estimate of drug-likeness (QED) is 0.605. The van der Waals surface area contributed by atoms with Crippen LogP contribution in [0.25, 0.3) is 10.2 Å². The number of benzene rings is 1. The molecule has 0 unspecified atom stereocenters. The van der Waals surface area contributed by atoms with Crippen molar-refractivity contribution in [1.29, 1.82) is 0 Å². The maximum Gasteiger partial charge on any atom is 0.307 e. The van der Waals surface area contributed by atoms with E-state index in [9.17, 15) is 4.79 Å². The SMILES string of the molecule is Cc1cccc2c1sc(=O)n2C. The standard InChI is InChI=1S/C9H9NOS/c1-6-4-3-5-7-8(6)12-9(11)10(7)2/h3-5H,1-2H3. The highest BCUT2D eigenvalue weighted by Crippen LogP contribution is 2.19. The van der Waals surface area contributed by atoms with E-state index in [0.29, 0.717) is 0 Å². The normalized spacial score (nSPS) is 10.8. The first kappa shape index (κ1) is 7.55. The summed E-state index contributed by atoms with van der Waals surface area (Å²) in [7, 11) is 1.81. The zero-order valence-corrected chi connectivity index (χ0v) is 7.81. The van der Waals surface area contributed by atoms with Crippen LogP contribution in [0.15, 0.2) is 23.0 Å². The Morgan fingerprint density at radius 1 is 1.42 bits per heavy atom. The van der Waals surface area contributed by atoms with Crippen LogP contribution in [0.4, 0.5) is 0 Å². The van der Waals surface area contributed by atoms with E-state index in [4.69, 9.17) is 0 Å². The third-order valence-corrected chi connectivity index (χ3v) is 3.20. The maximum atomic E-state index is 11.3. The van der Waals surface area contributed by atoms with Crippen LogP contribution in [0.3, 0.4) is 0 Å². The van der Waals surface area contributed by atoms with Gasteiger partial charge in [0.15, 0.2) is 0 Å². The van der Waals surface area contributed by atoms with E-state index in [1.54, 1.807) is 11.6 Å². The van der Waals surface area contributed by atoms with E-state index in [0.717, 1.165) is 10.2 Å². The molecule has 0 saturated heterocycles. The molecule has 0 bridgehead atoms. The van der Waals surface area contributed by atoms with Crippen molar-refractivity contribution in [3.8, 4) is 0 Å². The second kappa shape index (κ2) is 2.45. The van der Waals surface area contributed by atoms with Gasteiger partial charge in [0.2, 0.25) is 0 Å². The molecule has 3 heteroatoms. The molecule has 2 rings (SSSR count). The Kier molecular flexibility index (Phi) is 1.54. The van der Waals surface area contributed by atoms with Crippen LogP contribution >= 0.6 is 11.3 Å². The van der Waals surface area contributed by atoms with Crippen LogP contribution in [0, 0.1) is 6.92 Å². The number of nitrogens with zero attached hydrogens (tertiary/aromatic N) is 1. The topological polar surface area (TPSA) is 22.0 Å². The molecule has 2 nitrogen and oxygen atoms in total. The second-order valence-electron chi connectivity index (χ2n) is 2.85. The Labute approximate surface area is 74.1 Å². The predicted octanol–water partition coefficient (Wildman–Crippen LogP) is 1.91. The Morgan fingerprint density at radius 2 is 2.17 bits per heavy atom. The molecule has 0 atom stereocenters. The average Bonchev–Trinajstić information content (AvgIpc) is 2.32. The van der Waals surface area contributed by atoms with Crippen molar-refractivity contribution in [3.05, 3.63) is 33.4 Å². The first-order valence-electron chi connectivity index (χ1n) is 3.75. The van der Waals surface area contributed by atoms with Crippen LogP contribution in [0.2, 0.25) is 0 Å². The number of aromatic nitrogens is 1. The van der Waals surface area contributed by atoms with Crippen LogP contribution in [0.1, 0.15) is 5.56 Å². The highest BCUT2D eigenvalue weighted by molar-refractivity contribution is 7.16. The lowest BCUT2D eigenvalue weighted by molar-refractivity contribution is 0.938. The summed E-state index contributed by atoms with van der Waals surface area (Å²) in [6.45, 7) is 2.03. The average molecular weight is 179 g/mol. The van der Waals surface area contributed by atoms with Crippen molar-refractivity contribution in [3.63, 3.8) is 0 Å². The van der Waals surface area contributed by atoms with Gasteiger partial charge < -0.3 is 4.57 Å². The molecule has 0 N–H and O–H groups in total. The molecular weight excluding hydrogens is 170 g/mol. The van der Waals surface area contributed by atoms with Gasteiger partial charge in [0.1, 0.15) is 0 Å². The molecule has 0 amide bonds. The largest absolute Gasteiger partial charge is 0.307 e. The van der Waals surface area contributed by atoms with Gasteiger partial charge in [-0.05, 0) is 18.6 Å². The van der Waals surface area contributed by atoms with E-state index < -0.39 is 0 Å².